The Morgan fingerprint density at radius 3 is 2.56 bits per heavy atom. The Morgan fingerprint density at radius 2 is 1.88 bits per heavy atom. The van der Waals surface area contributed by atoms with Crippen molar-refractivity contribution in [2.45, 2.75) is 25.1 Å². The van der Waals surface area contributed by atoms with Crippen molar-refractivity contribution in [2.75, 3.05) is 13.2 Å². The number of benzene rings is 2. The number of carbonyl (C=O) groups is 1. The summed E-state index contributed by atoms with van der Waals surface area (Å²) in [6, 6.07) is 10.1. The number of amides is 1. The van der Waals surface area contributed by atoms with Crippen LogP contribution in [0.3, 0.4) is 0 Å². The minimum absolute atomic E-state index is 0.0315. The van der Waals surface area contributed by atoms with E-state index >= 15 is 0 Å². The number of aliphatic hydroxyl groups excluding tert-OH is 1. The monoisotopic (exact) mass is 452 g/mol. The first-order chi connectivity index (χ1) is 15.2. The molecule has 0 bridgehead atoms. The fraction of sp³-hybridized carbons (Fsp3) is 0.273. The van der Waals surface area contributed by atoms with E-state index in [2.05, 4.69) is 10.3 Å². The van der Waals surface area contributed by atoms with E-state index in [1.807, 2.05) is 0 Å². The maximum Gasteiger partial charge on any atom is 0.416 e. The van der Waals surface area contributed by atoms with Gasteiger partial charge in [-0.05, 0) is 36.4 Å². The summed E-state index contributed by atoms with van der Waals surface area (Å²) >= 11 is 0. The van der Waals surface area contributed by atoms with Gasteiger partial charge in [0.15, 0.2) is 11.7 Å². The molecule has 1 unspecified atom stereocenters. The molecule has 1 amide bonds. The van der Waals surface area contributed by atoms with Crippen LogP contribution in [0.15, 0.2) is 59.1 Å². The number of aliphatic hydroxyl groups is 1. The van der Waals surface area contributed by atoms with Gasteiger partial charge in [0.05, 0.1) is 17.3 Å². The zero-order chi connectivity index (χ0) is 23.1. The third kappa shape index (κ3) is 6.55. The van der Waals surface area contributed by atoms with Gasteiger partial charge in [0.25, 0.3) is 0 Å². The van der Waals surface area contributed by atoms with Gasteiger partial charge in [0, 0.05) is 19.4 Å². The molecule has 3 aromatic rings. The van der Waals surface area contributed by atoms with Gasteiger partial charge in [0.2, 0.25) is 5.91 Å². The van der Waals surface area contributed by atoms with Crippen molar-refractivity contribution in [2.24, 2.45) is 0 Å². The molecular weight excluding hydrogens is 432 g/mol. The van der Waals surface area contributed by atoms with Gasteiger partial charge in [0.1, 0.15) is 24.3 Å². The number of carbonyl (C=O) groups excluding carboxylic acids is 1. The number of nitrogens with zero attached hydrogens (tertiary/aromatic N) is 1. The van der Waals surface area contributed by atoms with Gasteiger partial charge in [-0.25, -0.2) is 9.37 Å². The van der Waals surface area contributed by atoms with E-state index in [0.29, 0.717) is 0 Å². The van der Waals surface area contributed by atoms with Crippen LogP contribution in [-0.4, -0.2) is 35.3 Å². The Labute approximate surface area is 180 Å². The number of hydrogen-bond donors (Lipinski definition) is 2. The second kappa shape index (κ2) is 10.3. The van der Waals surface area contributed by atoms with Crippen molar-refractivity contribution in [3.8, 4) is 17.1 Å². The number of nitrogens with one attached hydrogen (secondary N) is 1. The number of hydrogen-bond acceptors (Lipinski definition) is 5. The van der Waals surface area contributed by atoms with Crippen LogP contribution >= 0.6 is 0 Å². The summed E-state index contributed by atoms with van der Waals surface area (Å²) < 4.78 is 62.1. The van der Waals surface area contributed by atoms with E-state index < -0.39 is 23.7 Å². The Hall–Kier alpha value is -3.40. The second-order valence-electron chi connectivity index (χ2n) is 6.89. The molecule has 0 fully saturated rings. The molecule has 1 atom stereocenters. The highest BCUT2D eigenvalue weighted by Crippen LogP contribution is 2.30. The topological polar surface area (TPSA) is 84.6 Å². The van der Waals surface area contributed by atoms with Crippen LogP contribution in [0.4, 0.5) is 17.6 Å². The summed E-state index contributed by atoms with van der Waals surface area (Å²) in [6.07, 6.45) is -3.90. The number of alkyl halides is 3. The Balaban J connectivity index is 1.38. The first kappa shape index (κ1) is 23.3. The average Bonchev–Trinajstić information content (AvgIpc) is 3.23. The molecule has 2 N–H and O–H groups in total. The van der Waals surface area contributed by atoms with E-state index in [-0.39, 0.29) is 54.9 Å². The highest BCUT2D eigenvalue weighted by Gasteiger charge is 2.30. The van der Waals surface area contributed by atoms with Crippen molar-refractivity contribution < 1.29 is 36.6 Å². The number of aromatic nitrogens is 1. The van der Waals surface area contributed by atoms with Crippen molar-refractivity contribution in [3.63, 3.8) is 0 Å². The smallest absolute Gasteiger partial charge is 0.416 e. The van der Waals surface area contributed by atoms with Crippen LogP contribution in [0.2, 0.25) is 0 Å². The lowest BCUT2D eigenvalue weighted by Gasteiger charge is -2.14. The first-order valence-corrected chi connectivity index (χ1v) is 9.67. The van der Waals surface area contributed by atoms with Crippen molar-refractivity contribution in [1.29, 1.82) is 0 Å². The van der Waals surface area contributed by atoms with E-state index in [1.165, 1.54) is 12.3 Å². The number of rotatable bonds is 9. The molecule has 6 nitrogen and oxygen atoms in total. The molecule has 170 valence electrons. The van der Waals surface area contributed by atoms with Crippen molar-refractivity contribution >= 4 is 5.91 Å². The maximum absolute atomic E-state index is 13.8. The Bertz CT molecular complexity index is 1030. The quantitative estimate of drug-likeness (QED) is 0.480. The maximum atomic E-state index is 13.8. The van der Waals surface area contributed by atoms with Gasteiger partial charge in [-0.3, -0.25) is 4.79 Å². The predicted molar refractivity (Wildman–Crippen MR) is 106 cm³/mol. The van der Waals surface area contributed by atoms with Crippen LogP contribution in [0.25, 0.3) is 11.3 Å². The minimum Gasteiger partial charge on any atom is -0.491 e. The summed E-state index contributed by atoms with van der Waals surface area (Å²) in [7, 11) is 0. The lowest BCUT2D eigenvalue weighted by Crippen LogP contribution is -2.35. The average molecular weight is 452 g/mol. The summed E-state index contributed by atoms with van der Waals surface area (Å²) in [6.45, 7) is -0.317. The van der Waals surface area contributed by atoms with Crippen molar-refractivity contribution in [1.82, 2.24) is 10.3 Å². The molecule has 0 radical (unpaired) electrons. The number of ether oxygens (including phenoxy) is 1. The summed E-state index contributed by atoms with van der Waals surface area (Å²) in [4.78, 5) is 16.0. The molecule has 0 saturated heterocycles. The largest absolute Gasteiger partial charge is 0.491 e. The van der Waals surface area contributed by atoms with Crippen LogP contribution in [0, 0.1) is 5.82 Å². The lowest BCUT2D eigenvalue weighted by atomic mass is 10.2. The molecule has 0 aliphatic rings. The zero-order valence-electron chi connectivity index (χ0n) is 16.7. The molecule has 0 aliphatic heterocycles. The molecule has 10 heteroatoms. The standard InChI is InChI=1S/C22H20F4N2O4/c23-18-4-2-1-3-17(18)19-12-28-21(32-19)10-9-20(30)27-11-15(29)13-31-16-7-5-14(6-8-16)22(24,25)26/h1-8,12,15,29H,9-11,13H2,(H,27,30). The third-order valence-electron chi connectivity index (χ3n) is 4.42. The SMILES string of the molecule is O=C(CCc1ncc(-c2ccccc2F)o1)NCC(O)COc1ccc(C(F)(F)F)cc1. The van der Waals surface area contributed by atoms with Gasteiger partial charge in [-0.2, -0.15) is 13.2 Å². The van der Waals surface area contributed by atoms with Gasteiger partial charge < -0.3 is 19.6 Å². The highest BCUT2D eigenvalue weighted by molar-refractivity contribution is 5.76. The highest BCUT2D eigenvalue weighted by atomic mass is 19.4. The Morgan fingerprint density at radius 1 is 1.16 bits per heavy atom. The van der Waals surface area contributed by atoms with Crippen LogP contribution < -0.4 is 10.1 Å². The molecule has 1 aromatic heterocycles. The summed E-state index contributed by atoms with van der Waals surface area (Å²) in [5.41, 5.74) is -0.531. The van der Waals surface area contributed by atoms with Crippen LogP contribution in [-0.2, 0) is 17.4 Å². The minimum atomic E-state index is -4.44. The fourth-order valence-corrected chi connectivity index (χ4v) is 2.74. The Kier molecular flexibility index (Phi) is 7.47. The molecule has 0 saturated carbocycles. The van der Waals surface area contributed by atoms with E-state index in [0.717, 1.165) is 24.3 Å². The summed E-state index contributed by atoms with van der Waals surface area (Å²) in [5.74, 6) is -0.124. The summed E-state index contributed by atoms with van der Waals surface area (Å²) in [5, 5.41) is 12.4. The molecule has 2 aromatic carbocycles. The fourth-order valence-electron chi connectivity index (χ4n) is 2.74. The van der Waals surface area contributed by atoms with Crippen LogP contribution in [0.5, 0.6) is 5.75 Å². The van der Waals surface area contributed by atoms with Crippen LogP contribution in [0.1, 0.15) is 17.9 Å². The number of aryl methyl sites for hydroxylation is 1. The van der Waals surface area contributed by atoms with E-state index in [1.54, 1.807) is 18.2 Å². The van der Waals surface area contributed by atoms with Gasteiger partial charge in [-0.1, -0.05) is 12.1 Å². The molecule has 32 heavy (non-hydrogen) atoms. The molecular formula is C22H20F4N2O4. The molecule has 3 rings (SSSR count). The van der Waals surface area contributed by atoms with E-state index in [9.17, 15) is 27.5 Å². The number of oxazole rings is 1. The van der Waals surface area contributed by atoms with E-state index in [4.69, 9.17) is 9.15 Å². The van der Waals surface area contributed by atoms with Gasteiger partial charge >= 0.3 is 6.18 Å². The predicted octanol–water partition coefficient (Wildman–Crippen LogP) is 3.99. The molecule has 0 spiro atoms. The number of halogens is 4. The third-order valence-corrected chi connectivity index (χ3v) is 4.42. The van der Waals surface area contributed by atoms with Crippen molar-refractivity contribution in [3.05, 3.63) is 72.0 Å². The normalized spacial score (nSPS) is 12.4. The first-order valence-electron chi connectivity index (χ1n) is 9.67. The zero-order valence-corrected chi connectivity index (χ0v) is 16.7. The molecule has 1 heterocycles. The molecule has 0 aliphatic carbocycles. The second-order valence-corrected chi connectivity index (χ2v) is 6.89. The van der Waals surface area contributed by atoms with Gasteiger partial charge in [-0.15, -0.1) is 0 Å². The lowest BCUT2D eigenvalue weighted by molar-refractivity contribution is -0.137.